The summed E-state index contributed by atoms with van der Waals surface area (Å²) in [5, 5.41) is 3.01. The van der Waals surface area contributed by atoms with Crippen molar-refractivity contribution >= 4 is 40.8 Å². The van der Waals surface area contributed by atoms with E-state index in [-0.39, 0.29) is 10.6 Å². The van der Waals surface area contributed by atoms with Gasteiger partial charge in [0.25, 0.3) is 5.91 Å². The molecule has 0 aromatic heterocycles. The molecule has 2 aromatic rings. The molecule has 0 unspecified atom stereocenters. The Labute approximate surface area is 142 Å². The lowest BCUT2D eigenvalue weighted by Crippen LogP contribution is -2.30. The molecule has 4 nitrogen and oxygen atoms in total. The SMILES string of the molecule is C[C@@H](OC(=O)c1cc(Cl)ccc1Cl)C(=O)Nc1ccc(F)cc1. The van der Waals surface area contributed by atoms with E-state index in [0.717, 1.165) is 0 Å². The Kier molecular flexibility index (Phi) is 5.58. The topological polar surface area (TPSA) is 55.4 Å². The summed E-state index contributed by atoms with van der Waals surface area (Å²) in [7, 11) is 0. The molecule has 1 N–H and O–H groups in total. The average molecular weight is 356 g/mol. The van der Waals surface area contributed by atoms with Crippen molar-refractivity contribution in [1.29, 1.82) is 0 Å². The van der Waals surface area contributed by atoms with Crippen molar-refractivity contribution in [2.75, 3.05) is 5.32 Å². The number of nitrogens with one attached hydrogen (secondary N) is 1. The van der Waals surface area contributed by atoms with E-state index in [1.807, 2.05) is 0 Å². The van der Waals surface area contributed by atoms with Crippen LogP contribution in [0.1, 0.15) is 17.3 Å². The van der Waals surface area contributed by atoms with E-state index >= 15 is 0 Å². The summed E-state index contributed by atoms with van der Waals surface area (Å²) in [6.07, 6.45) is -1.07. The second-order valence-electron chi connectivity index (χ2n) is 4.67. The summed E-state index contributed by atoms with van der Waals surface area (Å²) in [6, 6.07) is 9.56. The van der Waals surface area contributed by atoms with Crippen molar-refractivity contribution in [2.24, 2.45) is 0 Å². The fraction of sp³-hybridized carbons (Fsp3) is 0.125. The Morgan fingerprint density at radius 2 is 1.78 bits per heavy atom. The van der Waals surface area contributed by atoms with E-state index in [4.69, 9.17) is 27.9 Å². The highest BCUT2D eigenvalue weighted by Crippen LogP contribution is 2.22. The molecule has 0 bridgehead atoms. The van der Waals surface area contributed by atoms with E-state index in [1.165, 1.54) is 49.4 Å². The molecule has 120 valence electrons. The Morgan fingerprint density at radius 1 is 1.13 bits per heavy atom. The Hall–Kier alpha value is -2.11. The maximum Gasteiger partial charge on any atom is 0.340 e. The van der Waals surface area contributed by atoms with Gasteiger partial charge in [0.05, 0.1) is 10.6 Å². The first-order valence-corrected chi connectivity index (χ1v) is 7.35. The first kappa shape index (κ1) is 17.2. The third-order valence-electron chi connectivity index (χ3n) is 2.91. The largest absolute Gasteiger partial charge is 0.449 e. The predicted molar refractivity (Wildman–Crippen MR) is 86.4 cm³/mol. The molecule has 2 rings (SSSR count). The van der Waals surface area contributed by atoms with Gasteiger partial charge in [-0.2, -0.15) is 0 Å². The maximum absolute atomic E-state index is 12.8. The molecule has 0 saturated carbocycles. The molecular formula is C16H12Cl2FNO3. The quantitative estimate of drug-likeness (QED) is 0.831. The van der Waals surface area contributed by atoms with Crippen LogP contribution in [0.15, 0.2) is 42.5 Å². The lowest BCUT2D eigenvalue weighted by molar-refractivity contribution is -0.123. The van der Waals surface area contributed by atoms with Crippen LogP contribution in [-0.2, 0) is 9.53 Å². The molecule has 2 aromatic carbocycles. The van der Waals surface area contributed by atoms with Gasteiger partial charge >= 0.3 is 5.97 Å². The van der Waals surface area contributed by atoms with Crippen molar-refractivity contribution in [1.82, 2.24) is 0 Å². The minimum Gasteiger partial charge on any atom is -0.449 e. The molecule has 0 aliphatic carbocycles. The van der Waals surface area contributed by atoms with Crippen LogP contribution in [-0.4, -0.2) is 18.0 Å². The van der Waals surface area contributed by atoms with E-state index < -0.39 is 23.8 Å². The third kappa shape index (κ3) is 4.68. The van der Waals surface area contributed by atoms with Crippen LogP contribution in [0.4, 0.5) is 10.1 Å². The molecule has 0 saturated heterocycles. The van der Waals surface area contributed by atoms with E-state index in [9.17, 15) is 14.0 Å². The number of halogens is 3. The van der Waals surface area contributed by atoms with Gasteiger partial charge in [-0.1, -0.05) is 23.2 Å². The normalized spacial score (nSPS) is 11.7. The summed E-state index contributed by atoms with van der Waals surface area (Å²) in [5.41, 5.74) is 0.459. The molecule has 1 amide bonds. The second kappa shape index (κ2) is 7.44. The van der Waals surface area contributed by atoms with E-state index in [2.05, 4.69) is 5.32 Å². The molecular weight excluding hydrogens is 344 g/mol. The van der Waals surface area contributed by atoms with E-state index in [0.29, 0.717) is 10.7 Å². The van der Waals surface area contributed by atoms with Crippen molar-refractivity contribution in [2.45, 2.75) is 13.0 Å². The van der Waals surface area contributed by atoms with Crippen molar-refractivity contribution in [3.05, 3.63) is 63.9 Å². The van der Waals surface area contributed by atoms with Crippen LogP contribution < -0.4 is 5.32 Å². The summed E-state index contributed by atoms with van der Waals surface area (Å²) in [6.45, 7) is 1.41. The number of hydrogen-bond acceptors (Lipinski definition) is 3. The standard InChI is InChI=1S/C16H12Cl2FNO3/c1-9(15(21)20-12-5-3-11(19)4-6-12)23-16(22)13-8-10(17)2-7-14(13)18/h2-9H,1H3,(H,20,21)/t9-/m1/s1. The fourth-order valence-electron chi connectivity index (χ4n) is 1.71. The van der Waals surface area contributed by atoms with Crippen LogP contribution in [0.3, 0.4) is 0 Å². The number of benzene rings is 2. The zero-order chi connectivity index (χ0) is 17.0. The minimum atomic E-state index is -1.07. The maximum atomic E-state index is 12.8. The van der Waals surface area contributed by atoms with Crippen LogP contribution >= 0.6 is 23.2 Å². The zero-order valence-electron chi connectivity index (χ0n) is 12.0. The average Bonchev–Trinajstić information content (AvgIpc) is 2.51. The molecule has 23 heavy (non-hydrogen) atoms. The van der Waals surface area contributed by atoms with Gasteiger partial charge in [0.2, 0.25) is 0 Å². The van der Waals surface area contributed by atoms with Gasteiger partial charge in [-0.15, -0.1) is 0 Å². The number of esters is 1. The molecule has 1 atom stereocenters. The van der Waals surface area contributed by atoms with Gasteiger partial charge < -0.3 is 10.1 Å². The zero-order valence-corrected chi connectivity index (χ0v) is 13.5. The van der Waals surface area contributed by atoms with Crippen LogP contribution in [0.2, 0.25) is 10.0 Å². The Morgan fingerprint density at radius 3 is 2.43 bits per heavy atom. The van der Waals surface area contributed by atoms with Gasteiger partial charge in [-0.3, -0.25) is 4.79 Å². The highest BCUT2D eigenvalue weighted by Gasteiger charge is 2.21. The monoisotopic (exact) mass is 355 g/mol. The van der Waals surface area contributed by atoms with Crippen molar-refractivity contribution < 1.29 is 18.7 Å². The molecule has 7 heteroatoms. The van der Waals surface area contributed by atoms with Gasteiger partial charge in [0.15, 0.2) is 6.10 Å². The number of carbonyl (C=O) groups is 2. The lowest BCUT2D eigenvalue weighted by Gasteiger charge is -2.14. The third-order valence-corrected chi connectivity index (χ3v) is 3.48. The molecule has 0 radical (unpaired) electrons. The highest BCUT2D eigenvalue weighted by atomic mass is 35.5. The summed E-state index contributed by atoms with van der Waals surface area (Å²) in [4.78, 5) is 24.0. The molecule has 0 spiro atoms. The summed E-state index contributed by atoms with van der Waals surface area (Å²) < 4.78 is 17.9. The highest BCUT2D eigenvalue weighted by molar-refractivity contribution is 6.35. The fourth-order valence-corrected chi connectivity index (χ4v) is 2.08. The van der Waals surface area contributed by atoms with Crippen molar-refractivity contribution in [3.8, 4) is 0 Å². The first-order valence-electron chi connectivity index (χ1n) is 6.59. The number of hydrogen-bond donors (Lipinski definition) is 1. The van der Waals surface area contributed by atoms with Gasteiger partial charge in [0, 0.05) is 10.7 Å². The number of rotatable bonds is 4. The first-order chi connectivity index (χ1) is 10.9. The van der Waals surface area contributed by atoms with Crippen LogP contribution in [0.25, 0.3) is 0 Å². The smallest absolute Gasteiger partial charge is 0.340 e. The Balaban J connectivity index is 2.01. The lowest BCUT2D eigenvalue weighted by atomic mass is 10.2. The predicted octanol–water partition coefficient (Wildman–Crippen LogP) is 4.32. The molecule has 0 fully saturated rings. The van der Waals surface area contributed by atoms with Crippen LogP contribution in [0, 0.1) is 5.82 Å². The van der Waals surface area contributed by atoms with Gasteiger partial charge in [-0.25, -0.2) is 9.18 Å². The number of carbonyl (C=O) groups excluding carboxylic acids is 2. The van der Waals surface area contributed by atoms with Gasteiger partial charge in [0.1, 0.15) is 5.82 Å². The second-order valence-corrected chi connectivity index (χ2v) is 5.51. The van der Waals surface area contributed by atoms with E-state index in [1.54, 1.807) is 0 Å². The van der Waals surface area contributed by atoms with Crippen LogP contribution in [0.5, 0.6) is 0 Å². The molecule has 0 heterocycles. The summed E-state index contributed by atoms with van der Waals surface area (Å²) >= 11 is 11.7. The number of amides is 1. The molecule has 0 aliphatic rings. The Bertz CT molecular complexity index is 735. The van der Waals surface area contributed by atoms with Crippen molar-refractivity contribution in [3.63, 3.8) is 0 Å². The summed E-state index contributed by atoms with van der Waals surface area (Å²) in [5.74, 6) is -1.74. The number of anilines is 1. The van der Waals surface area contributed by atoms with Gasteiger partial charge in [-0.05, 0) is 49.4 Å². The number of ether oxygens (including phenoxy) is 1. The minimum absolute atomic E-state index is 0.0700. The molecule has 0 aliphatic heterocycles.